The van der Waals surface area contributed by atoms with Gasteiger partial charge in [0.15, 0.2) is 5.69 Å². The van der Waals surface area contributed by atoms with Crippen molar-refractivity contribution in [2.45, 2.75) is 52.7 Å². The maximum Gasteiger partial charge on any atom is 0.359 e. The molecule has 0 aliphatic carbocycles. The van der Waals surface area contributed by atoms with E-state index < -0.39 is 5.97 Å². The molecule has 0 aliphatic heterocycles. The summed E-state index contributed by atoms with van der Waals surface area (Å²) in [5, 5.41) is 8.49. The largest absolute Gasteiger partial charge is 0.456 e. The van der Waals surface area contributed by atoms with Crippen LogP contribution in [0, 0.1) is 0 Å². The molecule has 6 heteroatoms. The third-order valence-corrected chi connectivity index (χ3v) is 3.30. The standard InChI is InChI=1S/C16H24N4O2/c1-11(2)14-7-13(18-20(14)16(3,4)5)15(21)22-10-12-8-17-19(6)9-12/h7-9,11H,10H2,1-6H3. The van der Waals surface area contributed by atoms with Crippen molar-refractivity contribution in [1.29, 1.82) is 0 Å². The average Bonchev–Trinajstić information content (AvgIpc) is 3.01. The number of carbonyl (C=O) groups excluding carboxylic acids is 1. The molecule has 2 rings (SSSR count). The van der Waals surface area contributed by atoms with Crippen LogP contribution in [-0.4, -0.2) is 25.5 Å². The molecule has 0 aromatic carbocycles. The van der Waals surface area contributed by atoms with E-state index in [2.05, 4.69) is 44.8 Å². The molecule has 120 valence electrons. The van der Waals surface area contributed by atoms with Gasteiger partial charge in [-0.3, -0.25) is 9.36 Å². The number of nitrogens with zero attached hydrogens (tertiary/aromatic N) is 4. The highest BCUT2D eigenvalue weighted by Crippen LogP contribution is 2.23. The Morgan fingerprint density at radius 2 is 2.05 bits per heavy atom. The molecule has 0 fully saturated rings. The van der Waals surface area contributed by atoms with E-state index in [4.69, 9.17) is 4.74 Å². The molecule has 0 unspecified atom stereocenters. The van der Waals surface area contributed by atoms with Gasteiger partial charge >= 0.3 is 5.97 Å². The molecular formula is C16H24N4O2. The summed E-state index contributed by atoms with van der Waals surface area (Å²) in [6.45, 7) is 10.6. The number of hydrogen-bond acceptors (Lipinski definition) is 4. The molecule has 0 N–H and O–H groups in total. The molecular weight excluding hydrogens is 280 g/mol. The molecule has 0 saturated heterocycles. The van der Waals surface area contributed by atoms with Crippen molar-refractivity contribution in [3.8, 4) is 0 Å². The van der Waals surface area contributed by atoms with E-state index in [9.17, 15) is 4.79 Å². The first-order valence-corrected chi connectivity index (χ1v) is 7.43. The molecule has 0 atom stereocenters. The second-order valence-corrected chi connectivity index (χ2v) is 6.79. The topological polar surface area (TPSA) is 61.9 Å². The summed E-state index contributed by atoms with van der Waals surface area (Å²) in [5.41, 5.74) is 2.06. The van der Waals surface area contributed by atoms with Crippen molar-refractivity contribution < 1.29 is 9.53 Å². The highest BCUT2D eigenvalue weighted by Gasteiger charge is 2.24. The van der Waals surface area contributed by atoms with Gasteiger partial charge < -0.3 is 4.74 Å². The molecule has 6 nitrogen and oxygen atoms in total. The van der Waals surface area contributed by atoms with Crippen LogP contribution in [0.5, 0.6) is 0 Å². The van der Waals surface area contributed by atoms with Crippen LogP contribution < -0.4 is 0 Å². The fourth-order valence-electron chi connectivity index (χ4n) is 2.21. The van der Waals surface area contributed by atoms with Crippen molar-refractivity contribution in [3.05, 3.63) is 35.4 Å². The summed E-state index contributed by atoms with van der Waals surface area (Å²) in [7, 11) is 1.82. The Morgan fingerprint density at radius 3 is 2.50 bits per heavy atom. The Kier molecular flexibility index (Phi) is 4.39. The zero-order valence-corrected chi connectivity index (χ0v) is 14.1. The SMILES string of the molecule is CC(C)c1cc(C(=O)OCc2cnn(C)c2)nn1C(C)(C)C. The summed E-state index contributed by atoms with van der Waals surface area (Å²) in [5.74, 6) is -0.125. The van der Waals surface area contributed by atoms with Crippen molar-refractivity contribution in [2.75, 3.05) is 0 Å². The molecule has 2 heterocycles. The molecule has 0 saturated carbocycles. The quantitative estimate of drug-likeness (QED) is 0.815. The van der Waals surface area contributed by atoms with Gasteiger partial charge in [0.25, 0.3) is 0 Å². The Morgan fingerprint density at radius 1 is 1.36 bits per heavy atom. The Balaban J connectivity index is 2.16. The van der Waals surface area contributed by atoms with Crippen molar-refractivity contribution in [1.82, 2.24) is 19.6 Å². The highest BCUT2D eigenvalue weighted by molar-refractivity contribution is 5.87. The second-order valence-electron chi connectivity index (χ2n) is 6.79. The summed E-state index contributed by atoms with van der Waals surface area (Å²) >= 11 is 0. The van der Waals surface area contributed by atoms with Gasteiger partial charge in [0.05, 0.1) is 11.7 Å². The van der Waals surface area contributed by atoms with Gasteiger partial charge in [-0.25, -0.2) is 4.79 Å². The van der Waals surface area contributed by atoms with Crippen LogP contribution in [0.4, 0.5) is 0 Å². The monoisotopic (exact) mass is 304 g/mol. The Hall–Kier alpha value is -2.11. The minimum absolute atomic E-state index is 0.179. The first-order chi connectivity index (χ1) is 10.2. The van der Waals surface area contributed by atoms with E-state index >= 15 is 0 Å². The number of ether oxygens (including phenoxy) is 1. The van der Waals surface area contributed by atoms with Crippen LogP contribution in [0.2, 0.25) is 0 Å². The zero-order valence-electron chi connectivity index (χ0n) is 14.1. The van der Waals surface area contributed by atoms with Crippen molar-refractivity contribution in [3.63, 3.8) is 0 Å². The number of aryl methyl sites for hydroxylation is 1. The van der Waals surface area contributed by atoms with Crippen LogP contribution in [0.15, 0.2) is 18.5 Å². The van der Waals surface area contributed by atoms with E-state index in [-0.39, 0.29) is 18.1 Å². The Bertz CT molecular complexity index is 662. The van der Waals surface area contributed by atoms with Crippen LogP contribution >= 0.6 is 0 Å². The molecule has 0 amide bonds. The average molecular weight is 304 g/mol. The number of esters is 1. The lowest BCUT2D eigenvalue weighted by Gasteiger charge is -2.23. The van der Waals surface area contributed by atoms with Crippen LogP contribution in [0.3, 0.4) is 0 Å². The normalized spacial score (nSPS) is 12.0. The number of aromatic nitrogens is 4. The van der Waals surface area contributed by atoms with E-state index in [1.54, 1.807) is 10.9 Å². The van der Waals surface area contributed by atoms with Gasteiger partial charge in [-0.1, -0.05) is 13.8 Å². The minimum Gasteiger partial charge on any atom is -0.456 e. The maximum absolute atomic E-state index is 12.2. The van der Waals surface area contributed by atoms with Gasteiger partial charge in [0.1, 0.15) is 6.61 Å². The van der Waals surface area contributed by atoms with Gasteiger partial charge in [0, 0.05) is 24.5 Å². The summed E-state index contributed by atoms with van der Waals surface area (Å²) in [6, 6.07) is 1.82. The zero-order chi connectivity index (χ0) is 16.5. The highest BCUT2D eigenvalue weighted by atomic mass is 16.5. The molecule has 2 aromatic heterocycles. The predicted octanol–water partition coefficient (Wildman–Crippen LogP) is 2.85. The van der Waals surface area contributed by atoms with Crippen LogP contribution in [0.1, 0.15) is 62.3 Å². The third kappa shape index (κ3) is 3.55. The van der Waals surface area contributed by atoms with Crippen LogP contribution in [-0.2, 0) is 23.9 Å². The molecule has 0 aliphatic rings. The molecule has 22 heavy (non-hydrogen) atoms. The fourth-order valence-corrected chi connectivity index (χ4v) is 2.21. The summed E-state index contributed by atoms with van der Waals surface area (Å²) in [4.78, 5) is 12.2. The third-order valence-electron chi connectivity index (χ3n) is 3.30. The number of rotatable bonds is 4. The smallest absolute Gasteiger partial charge is 0.359 e. The number of carbonyl (C=O) groups is 1. The fraction of sp³-hybridized carbons (Fsp3) is 0.562. The molecule has 0 spiro atoms. The van der Waals surface area contributed by atoms with E-state index in [0.717, 1.165) is 11.3 Å². The first kappa shape index (κ1) is 16.3. The lowest BCUT2D eigenvalue weighted by Crippen LogP contribution is -2.26. The van der Waals surface area contributed by atoms with Crippen molar-refractivity contribution in [2.24, 2.45) is 7.05 Å². The van der Waals surface area contributed by atoms with Gasteiger partial charge in [-0.05, 0) is 32.8 Å². The lowest BCUT2D eigenvalue weighted by atomic mass is 10.1. The molecule has 0 bridgehead atoms. The second kappa shape index (κ2) is 5.94. The molecule has 2 aromatic rings. The summed E-state index contributed by atoms with van der Waals surface area (Å²) < 4.78 is 8.90. The van der Waals surface area contributed by atoms with Gasteiger partial charge in [0.2, 0.25) is 0 Å². The summed E-state index contributed by atoms with van der Waals surface area (Å²) in [6.07, 6.45) is 3.50. The Labute approximate surface area is 131 Å². The van der Waals surface area contributed by atoms with Gasteiger partial charge in [-0.2, -0.15) is 10.2 Å². The minimum atomic E-state index is -0.409. The van der Waals surface area contributed by atoms with Crippen molar-refractivity contribution >= 4 is 5.97 Å². The van der Waals surface area contributed by atoms with E-state index in [1.807, 2.05) is 24.0 Å². The van der Waals surface area contributed by atoms with Crippen LogP contribution in [0.25, 0.3) is 0 Å². The van der Waals surface area contributed by atoms with Gasteiger partial charge in [-0.15, -0.1) is 0 Å². The number of hydrogen-bond donors (Lipinski definition) is 0. The van der Waals surface area contributed by atoms with E-state index in [0.29, 0.717) is 5.69 Å². The lowest BCUT2D eigenvalue weighted by molar-refractivity contribution is 0.0464. The molecule has 0 radical (unpaired) electrons. The predicted molar refractivity (Wildman–Crippen MR) is 83.6 cm³/mol. The van der Waals surface area contributed by atoms with E-state index in [1.165, 1.54) is 0 Å². The first-order valence-electron chi connectivity index (χ1n) is 7.43. The maximum atomic E-state index is 12.2.